The fourth-order valence-corrected chi connectivity index (χ4v) is 3.30. The quantitative estimate of drug-likeness (QED) is 0.389. The minimum atomic E-state index is -0.675. The molecule has 0 saturated carbocycles. The SMILES string of the molecule is COCCOC(C)OC(=O)Nc1cccc(C)c1CNc1cccn2c(C)c(C)nc12. The molecule has 1 aromatic carbocycles. The Kier molecular flexibility index (Phi) is 7.49. The lowest BCUT2D eigenvalue weighted by molar-refractivity contribution is -0.0977. The number of carbonyl (C=O) groups is 1. The van der Waals surface area contributed by atoms with Gasteiger partial charge >= 0.3 is 6.09 Å². The van der Waals surface area contributed by atoms with Crippen LogP contribution in [0.15, 0.2) is 36.5 Å². The van der Waals surface area contributed by atoms with Gasteiger partial charge in [0.25, 0.3) is 0 Å². The zero-order chi connectivity index (χ0) is 22.4. The van der Waals surface area contributed by atoms with E-state index in [0.29, 0.717) is 25.4 Å². The maximum absolute atomic E-state index is 12.3. The van der Waals surface area contributed by atoms with E-state index in [1.54, 1.807) is 14.0 Å². The summed E-state index contributed by atoms with van der Waals surface area (Å²) in [6.07, 6.45) is 0.757. The number of amides is 1. The Labute approximate surface area is 182 Å². The summed E-state index contributed by atoms with van der Waals surface area (Å²) in [5.74, 6) is 0. The molecule has 166 valence electrons. The molecule has 8 heteroatoms. The van der Waals surface area contributed by atoms with Gasteiger partial charge in [-0.15, -0.1) is 0 Å². The molecule has 2 N–H and O–H groups in total. The minimum Gasteiger partial charge on any atom is -0.420 e. The molecule has 8 nitrogen and oxygen atoms in total. The molecule has 2 heterocycles. The number of nitrogens with zero attached hydrogens (tertiary/aromatic N) is 2. The number of imidazole rings is 1. The van der Waals surface area contributed by atoms with Crippen LogP contribution in [0.3, 0.4) is 0 Å². The van der Waals surface area contributed by atoms with Crippen molar-refractivity contribution in [2.75, 3.05) is 31.0 Å². The molecule has 1 amide bonds. The Morgan fingerprint density at radius 3 is 2.68 bits per heavy atom. The monoisotopic (exact) mass is 426 g/mol. The second-order valence-electron chi connectivity index (χ2n) is 7.31. The number of aryl methyl sites for hydroxylation is 3. The number of pyridine rings is 1. The molecule has 0 aliphatic heterocycles. The van der Waals surface area contributed by atoms with Crippen LogP contribution >= 0.6 is 0 Å². The van der Waals surface area contributed by atoms with Crippen molar-refractivity contribution in [1.29, 1.82) is 0 Å². The Balaban J connectivity index is 1.70. The first-order valence-corrected chi connectivity index (χ1v) is 10.3. The van der Waals surface area contributed by atoms with Gasteiger partial charge in [0.15, 0.2) is 5.65 Å². The average molecular weight is 427 g/mol. The lowest BCUT2D eigenvalue weighted by Crippen LogP contribution is -2.24. The van der Waals surface area contributed by atoms with Crippen molar-refractivity contribution in [2.24, 2.45) is 0 Å². The van der Waals surface area contributed by atoms with Crippen LogP contribution in [0.1, 0.15) is 29.4 Å². The molecule has 0 spiro atoms. The van der Waals surface area contributed by atoms with E-state index >= 15 is 0 Å². The van der Waals surface area contributed by atoms with E-state index in [9.17, 15) is 4.79 Å². The fraction of sp³-hybridized carbons (Fsp3) is 0.391. The summed E-state index contributed by atoms with van der Waals surface area (Å²) in [5.41, 5.74) is 6.62. The molecule has 0 bridgehead atoms. The first-order valence-electron chi connectivity index (χ1n) is 10.3. The number of nitrogens with one attached hydrogen (secondary N) is 2. The van der Waals surface area contributed by atoms with Gasteiger partial charge in [0.2, 0.25) is 6.29 Å². The molecule has 0 radical (unpaired) electrons. The molecule has 2 aromatic heterocycles. The number of carbonyl (C=O) groups excluding carboxylic acids is 1. The topological polar surface area (TPSA) is 86.1 Å². The van der Waals surface area contributed by atoms with E-state index in [1.807, 2.05) is 57.3 Å². The van der Waals surface area contributed by atoms with Crippen LogP contribution in [0.5, 0.6) is 0 Å². The van der Waals surface area contributed by atoms with Gasteiger partial charge in [0.05, 0.1) is 24.6 Å². The van der Waals surface area contributed by atoms with Gasteiger partial charge in [-0.05, 0) is 57.0 Å². The maximum Gasteiger partial charge on any atom is 0.413 e. The molecule has 1 unspecified atom stereocenters. The third-order valence-electron chi connectivity index (χ3n) is 5.14. The first-order chi connectivity index (χ1) is 14.9. The molecule has 0 saturated heterocycles. The highest BCUT2D eigenvalue weighted by Gasteiger charge is 2.14. The third-order valence-corrected chi connectivity index (χ3v) is 5.14. The Morgan fingerprint density at radius 2 is 1.90 bits per heavy atom. The van der Waals surface area contributed by atoms with Gasteiger partial charge in [-0.25, -0.2) is 9.78 Å². The van der Waals surface area contributed by atoms with E-state index in [0.717, 1.165) is 33.8 Å². The first kappa shape index (κ1) is 22.6. The summed E-state index contributed by atoms with van der Waals surface area (Å²) in [6, 6.07) is 9.75. The number of benzene rings is 1. The third kappa shape index (κ3) is 5.53. The van der Waals surface area contributed by atoms with Gasteiger partial charge < -0.3 is 23.9 Å². The van der Waals surface area contributed by atoms with Crippen LogP contribution in [0.4, 0.5) is 16.2 Å². The normalized spacial score (nSPS) is 12.0. The molecular formula is C23H30N4O4. The number of aromatic nitrogens is 2. The van der Waals surface area contributed by atoms with Gasteiger partial charge in [-0.1, -0.05) is 12.1 Å². The summed E-state index contributed by atoms with van der Waals surface area (Å²) in [4.78, 5) is 17.0. The second kappa shape index (κ2) is 10.3. The molecule has 0 fully saturated rings. The Morgan fingerprint density at radius 1 is 1.13 bits per heavy atom. The molecule has 0 aliphatic rings. The molecule has 0 aliphatic carbocycles. The zero-order valence-electron chi connectivity index (χ0n) is 18.7. The number of ether oxygens (including phenoxy) is 3. The highest BCUT2D eigenvalue weighted by atomic mass is 16.7. The number of fused-ring (bicyclic) bond motifs is 1. The van der Waals surface area contributed by atoms with E-state index in [-0.39, 0.29) is 0 Å². The molecule has 3 aromatic rings. The van der Waals surface area contributed by atoms with Gasteiger partial charge in [-0.2, -0.15) is 0 Å². The van der Waals surface area contributed by atoms with Gasteiger partial charge in [-0.3, -0.25) is 5.32 Å². The maximum atomic E-state index is 12.3. The molecular weight excluding hydrogens is 396 g/mol. The smallest absolute Gasteiger partial charge is 0.413 e. The van der Waals surface area contributed by atoms with Gasteiger partial charge in [0, 0.05) is 31.2 Å². The zero-order valence-corrected chi connectivity index (χ0v) is 18.7. The summed E-state index contributed by atoms with van der Waals surface area (Å²) in [7, 11) is 1.59. The van der Waals surface area contributed by atoms with E-state index in [1.165, 1.54) is 0 Å². The predicted octanol–water partition coefficient (Wildman–Crippen LogP) is 4.43. The number of methoxy groups -OCH3 is 1. The largest absolute Gasteiger partial charge is 0.420 e. The number of hydrogen-bond acceptors (Lipinski definition) is 6. The number of anilines is 2. The van der Waals surface area contributed by atoms with E-state index < -0.39 is 12.4 Å². The van der Waals surface area contributed by atoms with Crippen molar-refractivity contribution in [3.63, 3.8) is 0 Å². The second-order valence-corrected chi connectivity index (χ2v) is 7.31. The van der Waals surface area contributed by atoms with E-state index in [2.05, 4.69) is 20.0 Å². The van der Waals surface area contributed by atoms with Gasteiger partial charge in [0.1, 0.15) is 0 Å². The molecule has 31 heavy (non-hydrogen) atoms. The highest BCUT2D eigenvalue weighted by molar-refractivity contribution is 5.86. The number of rotatable bonds is 9. The van der Waals surface area contributed by atoms with E-state index in [4.69, 9.17) is 14.2 Å². The van der Waals surface area contributed by atoms with Crippen LogP contribution in [0.25, 0.3) is 5.65 Å². The van der Waals surface area contributed by atoms with Crippen molar-refractivity contribution >= 4 is 23.1 Å². The lowest BCUT2D eigenvalue weighted by Gasteiger charge is -2.17. The summed E-state index contributed by atoms with van der Waals surface area (Å²) in [5, 5.41) is 6.29. The lowest BCUT2D eigenvalue weighted by atomic mass is 10.1. The van der Waals surface area contributed by atoms with Crippen LogP contribution in [0, 0.1) is 20.8 Å². The van der Waals surface area contributed by atoms with Crippen LogP contribution in [-0.2, 0) is 20.8 Å². The van der Waals surface area contributed by atoms with Crippen molar-refractivity contribution in [1.82, 2.24) is 9.38 Å². The molecule has 1 atom stereocenters. The van der Waals surface area contributed by atoms with Crippen LogP contribution in [-0.4, -0.2) is 42.1 Å². The minimum absolute atomic E-state index is 0.350. The fourth-order valence-electron chi connectivity index (χ4n) is 3.30. The van der Waals surface area contributed by atoms with Crippen molar-refractivity contribution in [3.05, 3.63) is 59.0 Å². The standard InChI is InChI=1S/C23H30N4O4/c1-15-8-6-9-20(26-23(28)31-18(4)30-13-12-29-5)19(15)14-24-21-10-7-11-27-17(3)16(2)25-22(21)27/h6-11,18,24H,12-14H2,1-5H3,(H,26,28). The van der Waals surface area contributed by atoms with Crippen molar-refractivity contribution in [2.45, 2.75) is 40.5 Å². The van der Waals surface area contributed by atoms with Crippen LogP contribution in [0.2, 0.25) is 0 Å². The van der Waals surface area contributed by atoms with Crippen molar-refractivity contribution < 1.29 is 19.0 Å². The summed E-state index contributed by atoms with van der Waals surface area (Å²) >= 11 is 0. The van der Waals surface area contributed by atoms with Crippen molar-refractivity contribution in [3.8, 4) is 0 Å². The Bertz CT molecular complexity index is 1050. The molecule has 3 rings (SSSR count). The Hall–Kier alpha value is -3.10. The predicted molar refractivity (Wildman–Crippen MR) is 121 cm³/mol. The highest BCUT2D eigenvalue weighted by Crippen LogP contribution is 2.24. The summed E-state index contributed by atoms with van der Waals surface area (Å²) in [6.45, 7) is 9.04. The summed E-state index contributed by atoms with van der Waals surface area (Å²) < 4.78 is 17.6. The van der Waals surface area contributed by atoms with Crippen LogP contribution < -0.4 is 10.6 Å². The number of hydrogen-bond donors (Lipinski definition) is 2. The average Bonchev–Trinajstić information content (AvgIpc) is 3.02.